The molecule has 72 valence electrons. The van der Waals surface area contributed by atoms with Crippen molar-refractivity contribution in [2.24, 2.45) is 0 Å². The summed E-state index contributed by atoms with van der Waals surface area (Å²) in [5, 5.41) is 0. The number of carbonyl (C=O) groups is 1. The summed E-state index contributed by atoms with van der Waals surface area (Å²) < 4.78 is 0. The molecule has 14 heavy (non-hydrogen) atoms. The second-order valence-corrected chi connectivity index (χ2v) is 3.83. The topological polar surface area (TPSA) is 20.3 Å². The van der Waals surface area contributed by atoms with Gasteiger partial charge in [-0.25, -0.2) is 0 Å². The van der Waals surface area contributed by atoms with Gasteiger partial charge in [0.15, 0.2) is 0 Å². The third kappa shape index (κ3) is 1.82. The lowest BCUT2D eigenvalue weighted by Gasteiger charge is -2.15. The average Bonchev–Trinajstić information content (AvgIpc) is 2.51. The van der Waals surface area contributed by atoms with Crippen LogP contribution in [0.25, 0.3) is 0 Å². The van der Waals surface area contributed by atoms with Gasteiger partial charge >= 0.3 is 0 Å². The summed E-state index contributed by atoms with van der Waals surface area (Å²) in [7, 11) is 0. The number of hydrogen-bond acceptors (Lipinski definition) is 2. The first-order valence-corrected chi connectivity index (χ1v) is 5.05. The molecule has 0 spiro atoms. The van der Waals surface area contributed by atoms with E-state index in [1.54, 1.807) is 4.90 Å². The van der Waals surface area contributed by atoms with E-state index in [2.05, 4.69) is 0 Å². The van der Waals surface area contributed by atoms with E-state index < -0.39 is 0 Å². The molecule has 0 atom stereocenters. The van der Waals surface area contributed by atoms with Gasteiger partial charge in [-0.15, -0.1) is 0 Å². The van der Waals surface area contributed by atoms with Crippen LogP contribution in [0.3, 0.4) is 0 Å². The lowest BCUT2D eigenvalue weighted by molar-refractivity contribution is -0.126. The molecule has 1 aromatic rings. The number of thiocarbonyl (C=S) groups is 1. The van der Waals surface area contributed by atoms with Crippen molar-refractivity contribution in [2.75, 3.05) is 0 Å². The zero-order valence-corrected chi connectivity index (χ0v) is 8.59. The molecule has 1 aromatic carbocycles. The molecule has 2 nitrogen and oxygen atoms in total. The van der Waals surface area contributed by atoms with Crippen LogP contribution in [-0.4, -0.2) is 15.8 Å². The molecule has 0 unspecified atom stereocenters. The van der Waals surface area contributed by atoms with Crippen LogP contribution in [0.15, 0.2) is 30.3 Å². The summed E-state index contributed by atoms with van der Waals surface area (Å²) >= 11 is 5.12. The highest BCUT2D eigenvalue weighted by Crippen LogP contribution is 2.16. The molecule has 0 aromatic heterocycles. The maximum atomic E-state index is 11.4. The predicted molar refractivity (Wildman–Crippen MR) is 58.8 cm³/mol. The third-order valence-electron chi connectivity index (χ3n) is 2.34. The minimum atomic E-state index is 0.152. The van der Waals surface area contributed by atoms with Crippen LogP contribution in [0.1, 0.15) is 18.4 Å². The van der Waals surface area contributed by atoms with Crippen molar-refractivity contribution in [2.45, 2.75) is 19.4 Å². The van der Waals surface area contributed by atoms with Crippen LogP contribution in [-0.2, 0) is 11.3 Å². The lowest BCUT2D eigenvalue weighted by atomic mass is 10.2. The Balaban J connectivity index is 2.11. The fourth-order valence-electron chi connectivity index (χ4n) is 1.57. The summed E-state index contributed by atoms with van der Waals surface area (Å²) in [5.74, 6) is 0.152. The van der Waals surface area contributed by atoms with Crippen LogP contribution >= 0.6 is 12.2 Å². The Bertz CT molecular complexity index is 345. The van der Waals surface area contributed by atoms with Crippen LogP contribution < -0.4 is 0 Å². The largest absolute Gasteiger partial charge is 0.302 e. The Labute approximate surface area is 88.5 Å². The van der Waals surface area contributed by atoms with Gasteiger partial charge in [0.2, 0.25) is 5.91 Å². The van der Waals surface area contributed by atoms with Crippen molar-refractivity contribution in [3.63, 3.8) is 0 Å². The van der Waals surface area contributed by atoms with E-state index in [1.807, 2.05) is 30.3 Å². The molecule has 3 heteroatoms. The van der Waals surface area contributed by atoms with Crippen molar-refractivity contribution in [3.8, 4) is 0 Å². The van der Waals surface area contributed by atoms with E-state index in [4.69, 9.17) is 12.2 Å². The summed E-state index contributed by atoms with van der Waals surface area (Å²) in [6.45, 7) is 0.624. The Morgan fingerprint density at radius 2 is 1.93 bits per heavy atom. The van der Waals surface area contributed by atoms with E-state index >= 15 is 0 Å². The summed E-state index contributed by atoms with van der Waals surface area (Å²) in [6, 6.07) is 9.92. The fourth-order valence-corrected chi connectivity index (χ4v) is 1.83. The number of likely N-dealkylation sites (tertiary alicyclic amines) is 1. The first-order valence-electron chi connectivity index (χ1n) is 4.64. The molecule has 0 bridgehead atoms. The van der Waals surface area contributed by atoms with Crippen LogP contribution in [0.5, 0.6) is 0 Å². The van der Waals surface area contributed by atoms with Gasteiger partial charge in [-0.3, -0.25) is 4.79 Å². The molecule has 1 amide bonds. The van der Waals surface area contributed by atoms with Crippen molar-refractivity contribution < 1.29 is 4.79 Å². The number of rotatable bonds is 2. The predicted octanol–water partition coefficient (Wildman–Crippen LogP) is 2.14. The number of benzene rings is 1. The molecule has 1 saturated heterocycles. The van der Waals surface area contributed by atoms with Gasteiger partial charge in [-0.05, 0) is 5.56 Å². The van der Waals surface area contributed by atoms with Crippen LogP contribution in [0, 0.1) is 0 Å². The Morgan fingerprint density at radius 3 is 2.50 bits per heavy atom. The van der Waals surface area contributed by atoms with Crippen molar-refractivity contribution in [1.29, 1.82) is 0 Å². The maximum absolute atomic E-state index is 11.4. The molecule has 0 aliphatic carbocycles. The van der Waals surface area contributed by atoms with Gasteiger partial charge in [-0.2, -0.15) is 0 Å². The van der Waals surface area contributed by atoms with Gasteiger partial charge in [0, 0.05) is 12.8 Å². The zero-order chi connectivity index (χ0) is 9.97. The van der Waals surface area contributed by atoms with Crippen molar-refractivity contribution in [3.05, 3.63) is 35.9 Å². The standard InChI is InChI=1S/C11H11NOS/c13-10-6-7-11(14)12(10)8-9-4-2-1-3-5-9/h1-5H,6-8H2. The average molecular weight is 205 g/mol. The highest BCUT2D eigenvalue weighted by atomic mass is 32.1. The lowest BCUT2D eigenvalue weighted by Crippen LogP contribution is -2.27. The molecule has 0 radical (unpaired) electrons. The van der Waals surface area contributed by atoms with E-state index in [1.165, 1.54) is 0 Å². The van der Waals surface area contributed by atoms with Crippen LogP contribution in [0.2, 0.25) is 0 Å². The molecule has 2 rings (SSSR count). The number of carbonyl (C=O) groups excluding carboxylic acids is 1. The SMILES string of the molecule is O=C1CCC(=S)N1Cc1ccccc1. The second-order valence-electron chi connectivity index (χ2n) is 3.36. The molecular weight excluding hydrogens is 194 g/mol. The highest BCUT2D eigenvalue weighted by Gasteiger charge is 2.25. The van der Waals surface area contributed by atoms with E-state index in [-0.39, 0.29) is 5.91 Å². The number of hydrogen-bond donors (Lipinski definition) is 0. The second kappa shape index (κ2) is 3.88. The first kappa shape index (κ1) is 9.34. The fraction of sp³-hybridized carbons (Fsp3) is 0.273. The molecule has 1 fully saturated rings. The Hall–Kier alpha value is -1.22. The number of nitrogens with zero attached hydrogens (tertiary/aromatic N) is 1. The molecule has 1 heterocycles. The normalized spacial score (nSPS) is 16.4. The third-order valence-corrected chi connectivity index (χ3v) is 2.76. The van der Waals surface area contributed by atoms with Crippen molar-refractivity contribution >= 4 is 23.1 Å². The monoisotopic (exact) mass is 205 g/mol. The zero-order valence-electron chi connectivity index (χ0n) is 7.77. The van der Waals surface area contributed by atoms with E-state index in [0.717, 1.165) is 17.0 Å². The first-order chi connectivity index (χ1) is 6.77. The van der Waals surface area contributed by atoms with E-state index in [0.29, 0.717) is 13.0 Å². The summed E-state index contributed by atoms with van der Waals surface area (Å²) in [6.07, 6.45) is 1.31. The minimum Gasteiger partial charge on any atom is -0.302 e. The minimum absolute atomic E-state index is 0.152. The smallest absolute Gasteiger partial charge is 0.228 e. The quantitative estimate of drug-likeness (QED) is 0.689. The van der Waals surface area contributed by atoms with Gasteiger partial charge in [0.05, 0.1) is 11.5 Å². The molecular formula is C11H11NOS. The van der Waals surface area contributed by atoms with Gasteiger partial charge in [-0.1, -0.05) is 42.5 Å². The molecule has 0 saturated carbocycles. The summed E-state index contributed by atoms with van der Waals surface area (Å²) in [4.78, 5) is 13.9. The molecule has 1 aliphatic rings. The highest BCUT2D eigenvalue weighted by molar-refractivity contribution is 7.80. The van der Waals surface area contributed by atoms with Gasteiger partial charge < -0.3 is 4.90 Å². The maximum Gasteiger partial charge on any atom is 0.228 e. The molecule has 1 aliphatic heterocycles. The van der Waals surface area contributed by atoms with Gasteiger partial charge in [0.1, 0.15) is 0 Å². The van der Waals surface area contributed by atoms with Crippen molar-refractivity contribution in [1.82, 2.24) is 4.90 Å². The van der Waals surface area contributed by atoms with Gasteiger partial charge in [0.25, 0.3) is 0 Å². The molecule has 0 N–H and O–H groups in total. The van der Waals surface area contributed by atoms with Crippen LogP contribution in [0.4, 0.5) is 0 Å². The Morgan fingerprint density at radius 1 is 1.21 bits per heavy atom. The number of amides is 1. The summed E-state index contributed by atoms with van der Waals surface area (Å²) in [5.41, 5.74) is 1.13. The van der Waals surface area contributed by atoms with E-state index in [9.17, 15) is 4.79 Å². The Kier molecular flexibility index (Phi) is 2.59.